The number of nitrogens with zero attached hydrogens (tertiary/aromatic N) is 2. The van der Waals surface area contributed by atoms with Gasteiger partial charge < -0.3 is 0 Å². The number of hydrogen-bond acceptors (Lipinski definition) is 1. The summed E-state index contributed by atoms with van der Waals surface area (Å²) in [6, 6.07) is 21.1. The summed E-state index contributed by atoms with van der Waals surface area (Å²) in [4.78, 5) is 4.79. The van der Waals surface area contributed by atoms with Gasteiger partial charge in [0.05, 0.1) is 16.7 Å². The van der Waals surface area contributed by atoms with Crippen molar-refractivity contribution < 1.29 is 11.0 Å². The van der Waals surface area contributed by atoms with E-state index in [-0.39, 0.29) is 16.8 Å². The van der Waals surface area contributed by atoms with Gasteiger partial charge in [-0.3, -0.25) is 4.57 Å². The summed E-state index contributed by atoms with van der Waals surface area (Å²) in [5.74, 6) is -3.73. The van der Waals surface area contributed by atoms with E-state index in [9.17, 15) is 0 Å². The van der Waals surface area contributed by atoms with Crippen molar-refractivity contribution in [3.63, 3.8) is 0 Å². The molecule has 4 aromatic rings. The Labute approximate surface area is 172 Å². The number of benzene rings is 3. The molecule has 0 aliphatic rings. The average molecular weight is 363 g/mol. The molecule has 0 N–H and O–H groups in total. The van der Waals surface area contributed by atoms with Crippen molar-refractivity contribution in [2.45, 2.75) is 39.3 Å². The molecule has 2 heteroatoms. The van der Waals surface area contributed by atoms with E-state index in [0.717, 1.165) is 5.56 Å². The van der Waals surface area contributed by atoms with Crippen LogP contribution in [-0.4, -0.2) is 9.55 Å². The van der Waals surface area contributed by atoms with E-state index in [1.165, 1.54) is 32.0 Å². The molecule has 0 radical (unpaired) electrons. The van der Waals surface area contributed by atoms with Crippen LogP contribution in [0.1, 0.15) is 61.4 Å². The smallest absolute Gasteiger partial charge is 0.145 e. The highest BCUT2D eigenvalue weighted by Gasteiger charge is 2.21. The Balaban J connectivity index is 2.23. The third-order valence-electron chi connectivity index (χ3n) is 4.66. The standard InChI is InChI=1S/C25H26N2/c1-17(2)20-13-10-14-21(18(3)4)24(20)27-23-16-9-8-15-22(23)26-25(27)19-11-6-5-7-12-19/h5-18H,1-4H3/i1D3,3D3,17D,18D. The van der Waals surface area contributed by atoms with E-state index in [0.29, 0.717) is 16.9 Å². The van der Waals surface area contributed by atoms with Crippen molar-refractivity contribution in [1.82, 2.24) is 9.55 Å². The second-order valence-electron chi connectivity index (χ2n) is 6.58. The molecule has 136 valence electrons. The second-order valence-corrected chi connectivity index (χ2v) is 6.58. The first-order chi connectivity index (χ1) is 16.2. The van der Waals surface area contributed by atoms with E-state index < -0.39 is 25.5 Å². The summed E-state index contributed by atoms with van der Waals surface area (Å²) in [5, 5.41) is 0. The van der Waals surface area contributed by atoms with Gasteiger partial charge in [-0.25, -0.2) is 4.98 Å². The lowest BCUT2D eigenvalue weighted by atomic mass is 9.92. The molecule has 0 saturated heterocycles. The van der Waals surface area contributed by atoms with Gasteiger partial charge >= 0.3 is 0 Å². The van der Waals surface area contributed by atoms with E-state index in [1.54, 1.807) is 4.57 Å². The molecular formula is C25H26N2. The molecule has 0 bridgehead atoms. The number of para-hydroxylation sites is 3. The summed E-state index contributed by atoms with van der Waals surface area (Å²) in [5.41, 5.74) is 2.33. The van der Waals surface area contributed by atoms with Gasteiger partial charge in [-0.1, -0.05) is 88.2 Å². The van der Waals surface area contributed by atoms with Crippen LogP contribution in [-0.2, 0) is 0 Å². The van der Waals surface area contributed by atoms with Crippen LogP contribution >= 0.6 is 0 Å². The van der Waals surface area contributed by atoms with Crippen LogP contribution in [0.25, 0.3) is 28.1 Å². The molecule has 0 fully saturated rings. The Morgan fingerprint density at radius 1 is 0.815 bits per heavy atom. The Morgan fingerprint density at radius 3 is 2.11 bits per heavy atom. The molecular weight excluding hydrogens is 328 g/mol. The van der Waals surface area contributed by atoms with Gasteiger partial charge in [0.15, 0.2) is 0 Å². The van der Waals surface area contributed by atoms with E-state index in [1.807, 2.05) is 54.6 Å². The predicted molar refractivity (Wildman–Crippen MR) is 115 cm³/mol. The van der Waals surface area contributed by atoms with Gasteiger partial charge in [0, 0.05) is 16.5 Å². The maximum Gasteiger partial charge on any atom is 0.145 e. The molecule has 0 amide bonds. The average Bonchev–Trinajstić information content (AvgIpc) is 3.17. The van der Waals surface area contributed by atoms with Crippen molar-refractivity contribution in [2.75, 3.05) is 0 Å². The topological polar surface area (TPSA) is 17.8 Å². The Kier molecular flexibility index (Phi) is 2.73. The van der Waals surface area contributed by atoms with Crippen molar-refractivity contribution in [1.29, 1.82) is 0 Å². The third-order valence-corrected chi connectivity index (χ3v) is 4.66. The summed E-state index contributed by atoms with van der Waals surface area (Å²) in [7, 11) is 0. The molecule has 0 aliphatic carbocycles. The highest BCUT2D eigenvalue weighted by atomic mass is 15.1. The molecule has 0 spiro atoms. The number of rotatable bonds is 4. The zero-order valence-corrected chi connectivity index (χ0v) is 15.3. The minimum atomic E-state index is -2.72. The minimum Gasteiger partial charge on any atom is -0.292 e. The lowest BCUT2D eigenvalue weighted by Crippen LogP contribution is -2.08. The maximum absolute atomic E-state index is 8.90. The zero-order chi connectivity index (χ0) is 25.8. The summed E-state index contributed by atoms with van der Waals surface area (Å²) < 4.78 is 68.0. The van der Waals surface area contributed by atoms with E-state index >= 15 is 0 Å². The van der Waals surface area contributed by atoms with Crippen molar-refractivity contribution in [3.8, 4) is 17.1 Å². The largest absolute Gasteiger partial charge is 0.292 e. The SMILES string of the molecule is [2H]C([2H])([2H])C([2H])(C)c1cccc(C([2H])(C)C([2H])([2H])[2H])c1-n1c(-c2ccccc2)nc2ccccc21. The van der Waals surface area contributed by atoms with Crippen LogP contribution in [0.4, 0.5) is 0 Å². The number of hydrogen-bond donors (Lipinski definition) is 0. The van der Waals surface area contributed by atoms with E-state index in [2.05, 4.69) is 0 Å². The van der Waals surface area contributed by atoms with Crippen LogP contribution in [0.15, 0.2) is 72.8 Å². The molecule has 1 aromatic heterocycles. The van der Waals surface area contributed by atoms with Gasteiger partial charge in [0.2, 0.25) is 0 Å². The molecule has 0 aliphatic heterocycles. The fourth-order valence-electron chi connectivity index (χ4n) is 3.42. The van der Waals surface area contributed by atoms with Gasteiger partial charge in [0.1, 0.15) is 5.82 Å². The van der Waals surface area contributed by atoms with Crippen LogP contribution in [0, 0.1) is 0 Å². The number of fused-ring (bicyclic) bond motifs is 1. The highest BCUT2D eigenvalue weighted by molar-refractivity contribution is 5.84. The zero-order valence-electron chi connectivity index (χ0n) is 23.3. The molecule has 27 heavy (non-hydrogen) atoms. The maximum atomic E-state index is 8.90. The third kappa shape index (κ3) is 3.06. The van der Waals surface area contributed by atoms with Crippen molar-refractivity contribution in [2.24, 2.45) is 0 Å². The Hall–Kier alpha value is -2.87. The van der Waals surface area contributed by atoms with Crippen LogP contribution < -0.4 is 0 Å². The fourth-order valence-corrected chi connectivity index (χ4v) is 3.42. The second kappa shape index (κ2) is 7.03. The van der Waals surface area contributed by atoms with Crippen LogP contribution in [0.2, 0.25) is 0 Å². The summed E-state index contributed by atoms with van der Waals surface area (Å²) >= 11 is 0. The van der Waals surface area contributed by atoms with Gasteiger partial charge in [0.25, 0.3) is 0 Å². The quantitative estimate of drug-likeness (QED) is 0.384. The first-order valence-corrected chi connectivity index (χ1v) is 8.85. The van der Waals surface area contributed by atoms with E-state index in [4.69, 9.17) is 16.0 Å². The molecule has 2 unspecified atom stereocenters. The molecule has 3 aromatic carbocycles. The summed E-state index contributed by atoms with van der Waals surface area (Å²) in [6.45, 7) is -2.86. The Morgan fingerprint density at radius 2 is 1.44 bits per heavy atom. The Bertz CT molecular complexity index is 1320. The normalized spacial score (nSPS) is 21.3. The summed E-state index contributed by atoms with van der Waals surface area (Å²) in [6.07, 6.45) is 0. The molecule has 0 saturated carbocycles. The fraction of sp³-hybridized carbons (Fsp3) is 0.240. The van der Waals surface area contributed by atoms with Gasteiger partial charge in [-0.2, -0.15) is 0 Å². The van der Waals surface area contributed by atoms with Crippen LogP contribution in [0.5, 0.6) is 0 Å². The van der Waals surface area contributed by atoms with Gasteiger partial charge in [-0.05, 0) is 35.0 Å². The van der Waals surface area contributed by atoms with Crippen LogP contribution in [0.3, 0.4) is 0 Å². The lowest BCUT2D eigenvalue weighted by Gasteiger charge is -2.22. The molecule has 1 heterocycles. The lowest BCUT2D eigenvalue weighted by molar-refractivity contribution is 0.811. The number of aromatic nitrogens is 2. The first-order valence-electron chi connectivity index (χ1n) is 12.9. The van der Waals surface area contributed by atoms with Crippen molar-refractivity contribution >= 4 is 11.0 Å². The first kappa shape index (κ1) is 10.5. The molecule has 2 atom stereocenters. The number of imidazole rings is 1. The minimum absolute atomic E-state index is 0.0954. The van der Waals surface area contributed by atoms with Crippen molar-refractivity contribution in [3.05, 3.63) is 83.9 Å². The molecule has 2 nitrogen and oxygen atoms in total. The highest BCUT2D eigenvalue weighted by Crippen LogP contribution is 2.36. The monoisotopic (exact) mass is 362 g/mol. The van der Waals surface area contributed by atoms with Gasteiger partial charge in [-0.15, -0.1) is 0 Å². The predicted octanol–water partition coefficient (Wildman–Crippen LogP) is 6.94. The molecule has 4 rings (SSSR count).